The van der Waals surface area contributed by atoms with Crippen molar-refractivity contribution in [2.24, 2.45) is 0 Å². The zero-order chi connectivity index (χ0) is 15.5. The van der Waals surface area contributed by atoms with Crippen molar-refractivity contribution in [3.05, 3.63) is 34.8 Å². The summed E-state index contributed by atoms with van der Waals surface area (Å²) in [5.41, 5.74) is 1.03. The van der Waals surface area contributed by atoms with E-state index >= 15 is 0 Å². The number of benzene rings is 1. The number of pyridine rings is 1. The van der Waals surface area contributed by atoms with Crippen LogP contribution in [0, 0.1) is 0 Å². The van der Waals surface area contributed by atoms with Crippen molar-refractivity contribution in [2.75, 3.05) is 38.2 Å². The molecule has 1 aromatic heterocycles. The SMILES string of the molecule is CN(CCO)C1CCN(c2ccc3cccc(Br)c3n2)CC1. The Kier molecular flexibility index (Phi) is 4.96. The van der Waals surface area contributed by atoms with Gasteiger partial charge in [0.1, 0.15) is 5.82 Å². The Balaban J connectivity index is 1.72. The first kappa shape index (κ1) is 15.7. The molecule has 0 aliphatic carbocycles. The minimum absolute atomic E-state index is 0.233. The van der Waals surface area contributed by atoms with Crippen molar-refractivity contribution in [2.45, 2.75) is 18.9 Å². The number of fused-ring (bicyclic) bond motifs is 1. The van der Waals surface area contributed by atoms with Gasteiger partial charge in [-0.1, -0.05) is 12.1 Å². The molecule has 1 aromatic carbocycles. The van der Waals surface area contributed by atoms with Gasteiger partial charge in [0.25, 0.3) is 0 Å². The second-order valence-corrected chi connectivity index (χ2v) is 6.76. The molecule has 1 aliphatic rings. The van der Waals surface area contributed by atoms with Crippen LogP contribution in [0.3, 0.4) is 0 Å². The molecule has 2 heterocycles. The largest absolute Gasteiger partial charge is 0.395 e. The lowest BCUT2D eigenvalue weighted by Gasteiger charge is -2.37. The number of rotatable bonds is 4. The number of hydrogen-bond donors (Lipinski definition) is 1. The van der Waals surface area contributed by atoms with E-state index in [-0.39, 0.29) is 6.61 Å². The smallest absolute Gasteiger partial charge is 0.129 e. The molecule has 0 unspecified atom stereocenters. The first-order valence-electron chi connectivity index (χ1n) is 7.80. The Morgan fingerprint density at radius 2 is 2.05 bits per heavy atom. The maximum absolute atomic E-state index is 9.06. The number of anilines is 1. The normalized spacial score (nSPS) is 16.6. The first-order valence-corrected chi connectivity index (χ1v) is 8.59. The highest BCUT2D eigenvalue weighted by Gasteiger charge is 2.23. The molecule has 0 saturated carbocycles. The van der Waals surface area contributed by atoms with Crippen LogP contribution in [0.5, 0.6) is 0 Å². The molecular weight excluding hydrogens is 342 g/mol. The molecule has 22 heavy (non-hydrogen) atoms. The van der Waals surface area contributed by atoms with Crippen molar-refractivity contribution >= 4 is 32.7 Å². The number of aromatic nitrogens is 1. The summed E-state index contributed by atoms with van der Waals surface area (Å²) in [5, 5.41) is 10.2. The minimum atomic E-state index is 0.233. The van der Waals surface area contributed by atoms with Crippen LogP contribution < -0.4 is 4.90 Å². The van der Waals surface area contributed by atoms with Crippen molar-refractivity contribution < 1.29 is 5.11 Å². The maximum atomic E-state index is 9.06. The number of halogens is 1. The fraction of sp³-hybridized carbons (Fsp3) is 0.471. The quantitative estimate of drug-likeness (QED) is 0.906. The van der Waals surface area contributed by atoms with Gasteiger partial charge >= 0.3 is 0 Å². The van der Waals surface area contributed by atoms with Crippen molar-refractivity contribution in [3.63, 3.8) is 0 Å². The Hall–Kier alpha value is -1.17. The number of piperidine rings is 1. The van der Waals surface area contributed by atoms with Gasteiger partial charge in [0, 0.05) is 35.5 Å². The second-order valence-electron chi connectivity index (χ2n) is 5.90. The molecule has 5 heteroatoms. The lowest BCUT2D eigenvalue weighted by molar-refractivity contribution is 0.161. The third-order valence-electron chi connectivity index (χ3n) is 4.52. The van der Waals surface area contributed by atoms with Crippen LogP contribution in [0.4, 0.5) is 5.82 Å². The Morgan fingerprint density at radius 1 is 1.27 bits per heavy atom. The number of aliphatic hydroxyl groups is 1. The second kappa shape index (κ2) is 6.94. The zero-order valence-electron chi connectivity index (χ0n) is 12.9. The summed E-state index contributed by atoms with van der Waals surface area (Å²) in [4.78, 5) is 9.46. The fourth-order valence-corrected chi connectivity index (χ4v) is 3.62. The van der Waals surface area contributed by atoms with Crippen LogP contribution >= 0.6 is 15.9 Å². The Labute approximate surface area is 139 Å². The summed E-state index contributed by atoms with van der Waals surface area (Å²) in [6.45, 7) is 3.02. The monoisotopic (exact) mass is 363 g/mol. The van der Waals surface area contributed by atoms with Crippen LogP contribution in [0.2, 0.25) is 0 Å². The molecule has 0 atom stereocenters. The molecule has 2 aromatic rings. The van der Waals surface area contributed by atoms with Gasteiger partial charge in [0.15, 0.2) is 0 Å². The van der Waals surface area contributed by atoms with Gasteiger partial charge in [-0.3, -0.25) is 0 Å². The Bertz CT molecular complexity index is 641. The van der Waals surface area contributed by atoms with Crippen LogP contribution in [0.25, 0.3) is 10.9 Å². The molecule has 1 fully saturated rings. The molecule has 1 N–H and O–H groups in total. The van der Waals surface area contributed by atoms with Gasteiger partial charge in [-0.25, -0.2) is 4.98 Å². The summed E-state index contributed by atoms with van der Waals surface area (Å²) >= 11 is 3.59. The summed E-state index contributed by atoms with van der Waals surface area (Å²) in [6, 6.07) is 11.0. The van der Waals surface area contributed by atoms with Crippen molar-refractivity contribution in [1.29, 1.82) is 0 Å². The lowest BCUT2D eigenvalue weighted by atomic mass is 10.0. The molecule has 4 nitrogen and oxygen atoms in total. The summed E-state index contributed by atoms with van der Waals surface area (Å²) < 4.78 is 1.05. The molecule has 118 valence electrons. The highest BCUT2D eigenvalue weighted by Crippen LogP contribution is 2.26. The van der Waals surface area contributed by atoms with Crippen molar-refractivity contribution in [3.8, 4) is 0 Å². The van der Waals surface area contributed by atoms with E-state index in [4.69, 9.17) is 10.1 Å². The number of aliphatic hydroxyl groups excluding tert-OH is 1. The topological polar surface area (TPSA) is 39.6 Å². The maximum Gasteiger partial charge on any atom is 0.129 e. The molecular formula is C17H22BrN3O. The summed E-state index contributed by atoms with van der Waals surface area (Å²) in [7, 11) is 2.10. The number of likely N-dealkylation sites (N-methyl/N-ethyl adjacent to an activating group) is 1. The van der Waals surface area contributed by atoms with Gasteiger partial charge < -0.3 is 14.9 Å². The van der Waals surface area contributed by atoms with Gasteiger partial charge in [-0.15, -0.1) is 0 Å². The average molecular weight is 364 g/mol. The molecule has 1 aliphatic heterocycles. The molecule has 0 spiro atoms. The van der Waals surface area contributed by atoms with E-state index in [0.29, 0.717) is 6.04 Å². The lowest BCUT2D eigenvalue weighted by Crippen LogP contribution is -2.44. The van der Waals surface area contributed by atoms with Gasteiger partial charge in [0.2, 0.25) is 0 Å². The molecule has 3 rings (SSSR count). The van der Waals surface area contributed by atoms with E-state index in [0.717, 1.165) is 53.7 Å². The highest BCUT2D eigenvalue weighted by molar-refractivity contribution is 9.10. The molecule has 0 bridgehead atoms. The zero-order valence-corrected chi connectivity index (χ0v) is 14.5. The molecule has 1 saturated heterocycles. The van der Waals surface area contributed by atoms with Crippen LogP contribution in [0.1, 0.15) is 12.8 Å². The van der Waals surface area contributed by atoms with Crippen LogP contribution in [-0.4, -0.2) is 54.3 Å². The number of nitrogens with zero attached hydrogens (tertiary/aromatic N) is 3. The Morgan fingerprint density at radius 3 is 2.77 bits per heavy atom. The minimum Gasteiger partial charge on any atom is -0.395 e. The van der Waals surface area contributed by atoms with E-state index in [9.17, 15) is 0 Å². The first-order chi connectivity index (χ1) is 10.7. The predicted octanol–water partition coefficient (Wildman–Crippen LogP) is 2.89. The van der Waals surface area contributed by atoms with E-state index in [1.54, 1.807) is 0 Å². The molecule has 0 amide bonds. The van der Waals surface area contributed by atoms with E-state index < -0.39 is 0 Å². The third-order valence-corrected chi connectivity index (χ3v) is 5.16. The summed E-state index contributed by atoms with van der Waals surface area (Å²) in [6.07, 6.45) is 2.23. The van der Waals surface area contributed by atoms with Gasteiger partial charge in [-0.2, -0.15) is 0 Å². The summed E-state index contributed by atoms with van der Waals surface area (Å²) in [5.74, 6) is 1.06. The van der Waals surface area contributed by atoms with Gasteiger partial charge in [0.05, 0.1) is 12.1 Å². The van der Waals surface area contributed by atoms with Crippen molar-refractivity contribution in [1.82, 2.24) is 9.88 Å². The average Bonchev–Trinajstić information content (AvgIpc) is 2.55. The predicted molar refractivity (Wildman–Crippen MR) is 94.4 cm³/mol. The number of para-hydroxylation sites is 1. The van der Waals surface area contributed by atoms with Gasteiger partial charge in [-0.05, 0) is 54.0 Å². The van der Waals surface area contributed by atoms with E-state index in [1.165, 1.54) is 0 Å². The fourth-order valence-electron chi connectivity index (χ4n) is 3.15. The molecule has 0 radical (unpaired) electrons. The van der Waals surface area contributed by atoms with Crippen LogP contribution in [0.15, 0.2) is 34.8 Å². The third kappa shape index (κ3) is 3.26. The highest BCUT2D eigenvalue weighted by atomic mass is 79.9. The van der Waals surface area contributed by atoms with E-state index in [1.807, 2.05) is 12.1 Å². The standard InChI is InChI=1S/C17H22BrN3O/c1-20(11-12-22)14-7-9-21(10-8-14)16-6-5-13-3-2-4-15(18)17(13)19-16/h2-6,14,22H,7-12H2,1H3. The number of hydrogen-bond acceptors (Lipinski definition) is 4. The van der Waals surface area contributed by atoms with Crippen LogP contribution in [-0.2, 0) is 0 Å². The van der Waals surface area contributed by atoms with E-state index in [2.05, 4.69) is 51.0 Å².